The lowest BCUT2D eigenvalue weighted by Gasteiger charge is -2.34. The number of rotatable bonds is 15. The summed E-state index contributed by atoms with van der Waals surface area (Å²) in [7, 11) is -1.08. The van der Waals surface area contributed by atoms with E-state index in [2.05, 4.69) is 5.32 Å². The van der Waals surface area contributed by atoms with E-state index < -0.39 is 28.5 Å². The third-order valence-corrected chi connectivity index (χ3v) is 8.23. The van der Waals surface area contributed by atoms with Crippen LogP contribution in [0.15, 0.2) is 72.8 Å². The first-order valence-electron chi connectivity index (χ1n) is 13.6. The van der Waals surface area contributed by atoms with E-state index in [1.165, 1.54) is 25.2 Å². The van der Waals surface area contributed by atoms with E-state index in [0.717, 1.165) is 29.0 Å². The molecule has 3 aromatic rings. The lowest BCUT2D eigenvalue weighted by atomic mass is 10.0. The molecule has 0 aliphatic carbocycles. The first-order chi connectivity index (χ1) is 20.1. The van der Waals surface area contributed by atoms with Gasteiger partial charge in [0.25, 0.3) is 0 Å². The maximum absolute atomic E-state index is 14.2. The van der Waals surface area contributed by atoms with Crippen LogP contribution in [-0.4, -0.2) is 64.7 Å². The zero-order valence-electron chi connectivity index (χ0n) is 24.4. The quantitative estimate of drug-likeness (QED) is 0.249. The fourth-order valence-corrected chi connectivity index (χ4v) is 5.50. The Labute approximate surface area is 253 Å². The Morgan fingerprint density at radius 3 is 2.29 bits per heavy atom. The molecule has 0 radical (unpaired) electrons. The number of anilines is 1. The van der Waals surface area contributed by atoms with Crippen molar-refractivity contribution in [3.63, 3.8) is 0 Å². The molecule has 3 rings (SSSR count). The molecule has 3 aromatic carbocycles. The number of hydrogen-bond acceptors (Lipinski definition) is 6. The van der Waals surface area contributed by atoms with E-state index in [-0.39, 0.29) is 30.3 Å². The monoisotopic (exact) mass is 615 g/mol. The number of ether oxygens (including phenoxy) is 2. The number of benzene rings is 3. The zero-order chi connectivity index (χ0) is 30.7. The van der Waals surface area contributed by atoms with Gasteiger partial charge < -0.3 is 19.7 Å². The van der Waals surface area contributed by atoms with E-state index in [9.17, 15) is 18.0 Å². The topological polar surface area (TPSA) is 105 Å². The Morgan fingerprint density at radius 2 is 1.67 bits per heavy atom. The van der Waals surface area contributed by atoms with Crippen LogP contribution in [0.5, 0.6) is 11.5 Å². The van der Waals surface area contributed by atoms with Crippen LogP contribution >= 0.6 is 11.6 Å². The van der Waals surface area contributed by atoms with Gasteiger partial charge in [0.1, 0.15) is 24.1 Å². The van der Waals surface area contributed by atoms with Gasteiger partial charge in [-0.15, -0.1) is 0 Å². The lowest BCUT2D eigenvalue weighted by molar-refractivity contribution is -0.140. The zero-order valence-corrected chi connectivity index (χ0v) is 26.0. The highest BCUT2D eigenvalue weighted by Gasteiger charge is 2.34. The molecule has 0 aliphatic heterocycles. The van der Waals surface area contributed by atoms with Crippen molar-refractivity contribution in [1.29, 1.82) is 0 Å². The summed E-state index contributed by atoms with van der Waals surface area (Å²) in [6, 6.07) is 20.1. The van der Waals surface area contributed by atoms with Crippen LogP contribution in [0.4, 0.5) is 5.69 Å². The number of halogens is 1. The van der Waals surface area contributed by atoms with Gasteiger partial charge in [0.15, 0.2) is 0 Å². The summed E-state index contributed by atoms with van der Waals surface area (Å²) in [5, 5.41) is 3.38. The second kappa shape index (κ2) is 15.5. The number of hydrogen-bond donors (Lipinski definition) is 1. The van der Waals surface area contributed by atoms with Gasteiger partial charge in [0.05, 0.1) is 26.2 Å². The van der Waals surface area contributed by atoms with Crippen LogP contribution < -0.4 is 19.1 Å². The molecule has 42 heavy (non-hydrogen) atoms. The number of nitrogens with zero attached hydrogens (tertiary/aromatic N) is 2. The molecule has 1 N–H and O–H groups in total. The molecular formula is C31H38ClN3O6S. The van der Waals surface area contributed by atoms with Gasteiger partial charge in [-0.25, -0.2) is 8.42 Å². The first-order valence-corrected chi connectivity index (χ1v) is 15.9. The molecule has 226 valence electrons. The minimum Gasteiger partial charge on any atom is -0.497 e. The molecule has 0 saturated heterocycles. The van der Waals surface area contributed by atoms with Gasteiger partial charge in [-0.05, 0) is 35.7 Å². The third-order valence-electron chi connectivity index (χ3n) is 6.73. The third kappa shape index (κ3) is 8.87. The SMILES string of the molecule is CCCCNC(=O)[C@@H](Cc1ccccc1)N(Cc1ccccc1Cl)C(=O)CN(c1ccc(OC)cc1OC)S(C)(=O)=O. The van der Waals surface area contributed by atoms with Gasteiger partial charge in [-0.1, -0.05) is 73.5 Å². The maximum atomic E-state index is 14.2. The van der Waals surface area contributed by atoms with Crippen LogP contribution in [0.1, 0.15) is 30.9 Å². The highest BCUT2D eigenvalue weighted by Crippen LogP contribution is 2.34. The average Bonchev–Trinajstić information content (AvgIpc) is 2.98. The molecule has 11 heteroatoms. The molecule has 0 unspecified atom stereocenters. The van der Waals surface area contributed by atoms with Crippen molar-refractivity contribution in [3.8, 4) is 11.5 Å². The van der Waals surface area contributed by atoms with Crippen molar-refractivity contribution in [3.05, 3.63) is 88.9 Å². The largest absolute Gasteiger partial charge is 0.497 e. The summed E-state index contributed by atoms with van der Waals surface area (Å²) in [4.78, 5) is 29.3. The number of carbonyl (C=O) groups is 2. The fourth-order valence-electron chi connectivity index (χ4n) is 4.46. The summed E-state index contributed by atoms with van der Waals surface area (Å²) < 4.78 is 37.8. The predicted molar refractivity (Wildman–Crippen MR) is 166 cm³/mol. The number of nitrogens with one attached hydrogen (secondary N) is 1. The second-order valence-electron chi connectivity index (χ2n) is 9.77. The molecule has 2 amide bonds. The normalized spacial score (nSPS) is 11.8. The number of methoxy groups -OCH3 is 2. The van der Waals surface area contributed by atoms with E-state index in [1.807, 2.05) is 37.3 Å². The minimum atomic E-state index is -3.96. The highest BCUT2D eigenvalue weighted by molar-refractivity contribution is 7.92. The van der Waals surface area contributed by atoms with Gasteiger partial charge in [0, 0.05) is 30.6 Å². The van der Waals surface area contributed by atoms with Crippen LogP contribution in [-0.2, 0) is 32.6 Å². The van der Waals surface area contributed by atoms with E-state index in [1.54, 1.807) is 36.4 Å². The van der Waals surface area contributed by atoms with Gasteiger partial charge in [0.2, 0.25) is 21.8 Å². The fraction of sp³-hybridized carbons (Fsp3) is 0.355. The van der Waals surface area contributed by atoms with E-state index in [0.29, 0.717) is 22.9 Å². The molecule has 0 aliphatic rings. The Bertz CT molecular complexity index is 1450. The van der Waals surface area contributed by atoms with Gasteiger partial charge in [-0.3, -0.25) is 13.9 Å². The molecule has 1 atom stereocenters. The van der Waals surface area contributed by atoms with Crippen LogP contribution in [0.2, 0.25) is 5.02 Å². The van der Waals surface area contributed by atoms with Crippen LogP contribution in [0.3, 0.4) is 0 Å². The Morgan fingerprint density at radius 1 is 0.976 bits per heavy atom. The summed E-state index contributed by atoms with van der Waals surface area (Å²) in [6.45, 7) is 1.90. The number of unbranched alkanes of at least 4 members (excludes halogenated alkanes) is 1. The summed E-state index contributed by atoms with van der Waals surface area (Å²) >= 11 is 6.49. The maximum Gasteiger partial charge on any atom is 0.244 e. The molecule has 0 aromatic heterocycles. The Kier molecular flexibility index (Phi) is 12.1. The smallest absolute Gasteiger partial charge is 0.244 e. The summed E-state index contributed by atoms with van der Waals surface area (Å²) in [6.07, 6.45) is 2.90. The molecule has 0 fully saturated rings. The standard InChI is InChI=1S/C31H38ClN3O6S/c1-5-6-18-33-31(37)28(19-23-12-8-7-9-13-23)34(21-24-14-10-11-15-26(24)32)30(36)22-35(42(4,38)39)27-17-16-25(40-2)20-29(27)41-3/h7-17,20,28H,5-6,18-19,21-22H2,1-4H3,(H,33,37)/t28-/m1/s1. The number of carbonyl (C=O) groups excluding carboxylic acids is 2. The van der Waals surface area contributed by atoms with Gasteiger partial charge >= 0.3 is 0 Å². The minimum absolute atomic E-state index is 0.00540. The van der Waals surface area contributed by atoms with Gasteiger partial charge in [-0.2, -0.15) is 0 Å². The summed E-state index contributed by atoms with van der Waals surface area (Å²) in [5.74, 6) is -0.240. The first kappa shape index (κ1) is 32.8. The molecule has 0 heterocycles. The van der Waals surface area contributed by atoms with E-state index >= 15 is 0 Å². The number of sulfonamides is 1. The molecule has 9 nitrogen and oxygen atoms in total. The van der Waals surface area contributed by atoms with Crippen molar-refractivity contribution < 1.29 is 27.5 Å². The van der Waals surface area contributed by atoms with Crippen molar-refractivity contribution in [2.45, 2.75) is 38.8 Å². The van der Waals surface area contributed by atoms with Crippen LogP contribution in [0.25, 0.3) is 0 Å². The average molecular weight is 616 g/mol. The second-order valence-corrected chi connectivity index (χ2v) is 12.1. The molecule has 0 spiro atoms. The Hall–Kier alpha value is -3.76. The van der Waals surface area contributed by atoms with Crippen molar-refractivity contribution in [2.24, 2.45) is 0 Å². The lowest BCUT2D eigenvalue weighted by Crippen LogP contribution is -2.53. The van der Waals surface area contributed by atoms with Crippen molar-refractivity contribution in [1.82, 2.24) is 10.2 Å². The number of amides is 2. The molecule has 0 saturated carbocycles. The van der Waals surface area contributed by atoms with Crippen molar-refractivity contribution >= 4 is 39.1 Å². The van der Waals surface area contributed by atoms with Crippen molar-refractivity contribution in [2.75, 3.05) is 37.9 Å². The molecular weight excluding hydrogens is 578 g/mol. The highest BCUT2D eigenvalue weighted by atomic mass is 35.5. The van der Waals surface area contributed by atoms with E-state index in [4.69, 9.17) is 21.1 Å². The summed E-state index contributed by atoms with van der Waals surface area (Å²) in [5.41, 5.74) is 1.64. The van der Waals surface area contributed by atoms with Crippen LogP contribution in [0, 0.1) is 0 Å². The Balaban J connectivity index is 2.08. The predicted octanol–water partition coefficient (Wildman–Crippen LogP) is 4.68. The molecule has 0 bridgehead atoms.